The van der Waals surface area contributed by atoms with E-state index in [2.05, 4.69) is 22.4 Å². The summed E-state index contributed by atoms with van der Waals surface area (Å²) in [4.78, 5) is 28.6. The van der Waals surface area contributed by atoms with Crippen molar-refractivity contribution in [1.82, 2.24) is 10.3 Å². The van der Waals surface area contributed by atoms with Gasteiger partial charge >= 0.3 is 5.97 Å². The van der Waals surface area contributed by atoms with E-state index in [0.29, 0.717) is 5.56 Å². The first-order valence-corrected chi connectivity index (χ1v) is 9.46. The van der Waals surface area contributed by atoms with Crippen molar-refractivity contribution in [2.75, 3.05) is 6.61 Å². The van der Waals surface area contributed by atoms with E-state index in [9.17, 15) is 9.59 Å². The maximum atomic E-state index is 12.2. The summed E-state index contributed by atoms with van der Waals surface area (Å²) >= 11 is 1.46. The van der Waals surface area contributed by atoms with Crippen LogP contribution in [-0.2, 0) is 16.0 Å². The SMILES string of the molecule is O=C(COC(=O)c1ccc2ncsc2c1)N[C@@H]1CCCc2ccccc21. The molecule has 26 heavy (non-hydrogen) atoms. The number of nitrogens with zero attached hydrogens (tertiary/aromatic N) is 1. The quantitative estimate of drug-likeness (QED) is 0.716. The first-order chi connectivity index (χ1) is 12.7. The molecule has 4 rings (SSSR count). The molecule has 2 aromatic carbocycles. The molecule has 1 heterocycles. The van der Waals surface area contributed by atoms with E-state index in [1.54, 1.807) is 23.7 Å². The number of carbonyl (C=O) groups excluding carboxylic acids is 2. The van der Waals surface area contributed by atoms with Gasteiger partial charge in [0.1, 0.15) is 0 Å². The fourth-order valence-corrected chi connectivity index (χ4v) is 4.05. The van der Waals surface area contributed by atoms with Crippen LogP contribution < -0.4 is 5.32 Å². The van der Waals surface area contributed by atoms with Crippen molar-refractivity contribution in [3.05, 3.63) is 64.7 Å². The van der Waals surface area contributed by atoms with Gasteiger partial charge in [0.15, 0.2) is 6.61 Å². The summed E-state index contributed by atoms with van der Waals surface area (Å²) in [7, 11) is 0. The topological polar surface area (TPSA) is 68.3 Å². The van der Waals surface area contributed by atoms with Crippen molar-refractivity contribution >= 4 is 33.4 Å². The number of rotatable bonds is 4. The van der Waals surface area contributed by atoms with Crippen molar-refractivity contribution in [3.63, 3.8) is 0 Å². The number of fused-ring (bicyclic) bond motifs is 2. The van der Waals surface area contributed by atoms with Crippen molar-refractivity contribution < 1.29 is 14.3 Å². The number of esters is 1. The van der Waals surface area contributed by atoms with Crippen molar-refractivity contribution in [2.45, 2.75) is 25.3 Å². The molecule has 3 aromatic rings. The van der Waals surface area contributed by atoms with Crippen LogP contribution in [0.3, 0.4) is 0 Å². The number of amides is 1. The molecular weight excluding hydrogens is 348 g/mol. The Labute approximate surface area is 155 Å². The van der Waals surface area contributed by atoms with Crippen LogP contribution in [0.4, 0.5) is 0 Å². The summed E-state index contributed by atoms with van der Waals surface area (Å²) in [6, 6.07) is 13.3. The standard InChI is InChI=1S/C20H18N2O3S/c23-19(22-16-7-3-5-13-4-1-2-6-15(13)16)11-25-20(24)14-8-9-17-18(10-14)26-12-21-17/h1-2,4,6,8-10,12,16H,3,5,7,11H2,(H,22,23)/t16-/m1/s1. The highest BCUT2D eigenvalue weighted by Crippen LogP contribution is 2.29. The minimum absolute atomic E-state index is 0.0142. The molecule has 132 valence electrons. The monoisotopic (exact) mass is 366 g/mol. The van der Waals surface area contributed by atoms with Crippen LogP contribution in [0.15, 0.2) is 48.0 Å². The maximum Gasteiger partial charge on any atom is 0.338 e. The molecule has 0 radical (unpaired) electrons. The zero-order valence-corrected chi connectivity index (χ0v) is 14.9. The minimum atomic E-state index is -0.500. The molecule has 0 aliphatic heterocycles. The van der Waals surface area contributed by atoms with Gasteiger partial charge in [-0.05, 0) is 48.6 Å². The van der Waals surface area contributed by atoms with Gasteiger partial charge in [0.05, 0.1) is 27.3 Å². The van der Waals surface area contributed by atoms with Crippen molar-refractivity contribution in [1.29, 1.82) is 0 Å². The van der Waals surface area contributed by atoms with Gasteiger partial charge in [-0.25, -0.2) is 9.78 Å². The normalized spacial score (nSPS) is 16.1. The molecule has 0 fully saturated rings. The molecule has 0 bridgehead atoms. The number of benzene rings is 2. The van der Waals surface area contributed by atoms with Crippen LogP contribution in [0.1, 0.15) is 40.4 Å². The fourth-order valence-electron chi connectivity index (χ4n) is 3.34. The molecule has 0 unspecified atom stereocenters. The lowest BCUT2D eigenvalue weighted by molar-refractivity contribution is -0.125. The highest BCUT2D eigenvalue weighted by molar-refractivity contribution is 7.16. The molecule has 6 heteroatoms. The Morgan fingerprint density at radius 2 is 2.12 bits per heavy atom. The fraction of sp³-hybridized carbons (Fsp3) is 0.250. The number of aromatic nitrogens is 1. The molecule has 1 amide bonds. The number of thiazole rings is 1. The molecule has 1 aromatic heterocycles. The van der Waals surface area contributed by atoms with Gasteiger partial charge in [-0.2, -0.15) is 0 Å². The second kappa shape index (κ2) is 7.25. The lowest BCUT2D eigenvalue weighted by atomic mass is 9.88. The van der Waals surface area contributed by atoms with E-state index >= 15 is 0 Å². The highest BCUT2D eigenvalue weighted by Gasteiger charge is 2.22. The van der Waals surface area contributed by atoms with Crippen LogP contribution in [0.5, 0.6) is 0 Å². The number of nitrogens with one attached hydrogen (secondary N) is 1. The molecule has 0 saturated carbocycles. The molecule has 1 aliphatic rings. The van der Waals surface area contributed by atoms with Gasteiger partial charge in [0, 0.05) is 0 Å². The van der Waals surface area contributed by atoms with Gasteiger partial charge in [-0.1, -0.05) is 24.3 Å². The Kier molecular flexibility index (Phi) is 4.67. The Morgan fingerprint density at radius 3 is 3.04 bits per heavy atom. The number of ether oxygens (including phenoxy) is 1. The summed E-state index contributed by atoms with van der Waals surface area (Å²) in [6.07, 6.45) is 2.98. The smallest absolute Gasteiger partial charge is 0.338 e. The predicted molar refractivity (Wildman–Crippen MR) is 100 cm³/mol. The summed E-state index contributed by atoms with van der Waals surface area (Å²) in [6.45, 7) is -0.280. The van der Waals surface area contributed by atoms with Gasteiger partial charge in [0.2, 0.25) is 0 Å². The second-order valence-electron chi connectivity index (χ2n) is 6.32. The molecule has 0 spiro atoms. The van der Waals surface area contributed by atoms with E-state index in [0.717, 1.165) is 35.0 Å². The van der Waals surface area contributed by atoms with Gasteiger partial charge in [-0.3, -0.25) is 4.79 Å². The first kappa shape index (κ1) is 16.7. The molecule has 1 N–H and O–H groups in total. The zero-order chi connectivity index (χ0) is 17.9. The van der Waals surface area contributed by atoms with E-state index < -0.39 is 5.97 Å². The van der Waals surface area contributed by atoms with E-state index in [4.69, 9.17) is 4.74 Å². The third-order valence-corrected chi connectivity index (χ3v) is 5.40. The minimum Gasteiger partial charge on any atom is -0.452 e. The van der Waals surface area contributed by atoms with Crippen LogP contribution in [0, 0.1) is 0 Å². The molecular formula is C20H18N2O3S. The lowest BCUT2D eigenvalue weighted by Gasteiger charge is -2.26. The summed E-state index contributed by atoms with van der Waals surface area (Å²) in [5.74, 6) is -0.779. The maximum absolute atomic E-state index is 12.2. The Balaban J connectivity index is 1.36. The van der Waals surface area contributed by atoms with Crippen LogP contribution in [0.25, 0.3) is 10.2 Å². The van der Waals surface area contributed by atoms with Crippen LogP contribution >= 0.6 is 11.3 Å². The van der Waals surface area contributed by atoms with E-state index in [1.807, 2.05) is 12.1 Å². The Bertz CT molecular complexity index is 966. The summed E-state index contributed by atoms with van der Waals surface area (Å²) < 4.78 is 6.10. The largest absolute Gasteiger partial charge is 0.452 e. The molecule has 0 saturated heterocycles. The number of aryl methyl sites for hydroxylation is 1. The molecule has 5 nitrogen and oxygen atoms in total. The van der Waals surface area contributed by atoms with Gasteiger partial charge < -0.3 is 10.1 Å². The van der Waals surface area contributed by atoms with E-state index in [1.165, 1.54) is 16.9 Å². The van der Waals surface area contributed by atoms with Crippen molar-refractivity contribution in [2.24, 2.45) is 0 Å². The molecule has 1 atom stereocenters. The summed E-state index contributed by atoms with van der Waals surface area (Å²) in [5.41, 5.74) is 5.45. The average Bonchev–Trinajstić information content (AvgIpc) is 3.14. The number of hydrogen-bond acceptors (Lipinski definition) is 5. The highest BCUT2D eigenvalue weighted by atomic mass is 32.1. The van der Waals surface area contributed by atoms with Crippen LogP contribution in [0.2, 0.25) is 0 Å². The van der Waals surface area contributed by atoms with Gasteiger partial charge in [-0.15, -0.1) is 11.3 Å². The Morgan fingerprint density at radius 1 is 1.23 bits per heavy atom. The molecule has 1 aliphatic carbocycles. The van der Waals surface area contributed by atoms with Gasteiger partial charge in [0.25, 0.3) is 5.91 Å². The summed E-state index contributed by atoms with van der Waals surface area (Å²) in [5, 5.41) is 2.98. The third-order valence-electron chi connectivity index (χ3n) is 4.61. The zero-order valence-electron chi connectivity index (χ0n) is 14.1. The third kappa shape index (κ3) is 3.46. The van der Waals surface area contributed by atoms with Crippen molar-refractivity contribution in [3.8, 4) is 0 Å². The second-order valence-corrected chi connectivity index (χ2v) is 7.21. The van der Waals surface area contributed by atoms with E-state index in [-0.39, 0.29) is 18.6 Å². The lowest BCUT2D eigenvalue weighted by Crippen LogP contribution is -2.34. The first-order valence-electron chi connectivity index (χ1n) is 8.58. The average molecular weight is 366 g/mol. The predicted octanol–water partition coefficient (Wildman–Crippen LogP) is 3.65. The number of hydrogen-bond donors (Lipinski definition) is 1. The van der Waals surface area contributed by atoms with Crippen LogP contribution in [-0.4, -0.2) is 23.5 Å². The number of carbonyl (C=O) groups is 2. The Hall–Kier alpha value is -2.73.